The third kappa shape index (κ3) is 2.38. The van der Waals surface area contributed by atoms with Gasteiger partial charge in [-0.3, -0.25) is 0 Å². The standard InChI is InChI=1S/C12H15BrN2S/c1-8-4-5-15(7-8)11-6-9(13)2-3-10(11)12(14)16/h2-3,6,8H,4-5,7H2,1H3,(H2,14,16). The lowest BCUT2D eigenvalue weighted by Gasteiger charge is -2.21. The Bertz CT molecular complexity index is 419. The summed E-state index contributed by atoms with van der Waals surface area (Å²) in [5.41, 5.74) is 7.89. The number of halogens is 1. The van der Waals surface area contributed by atoms with E-state index in [4.69, 9.17) is 18.0 Å². The molecule has 1 atom stereocenters. The third-order valence-electron chi connectivity index (χ3n) is 2.99. The fourth-order valence-corrected chi connectivity index (χ4v) is 2.65. The molecule has 0 bridgehead atoms. The van der Waals surface area contributed by atoms with Crippen molar-refractivity contribution >= 4 is 38.8 Å². The molecule has 0 spiro atoms. The van der Waals surface area contributed by atoms with E-state index in [2.05, 4.69) is 33.8 Å². The first-order chi connectivity index (χ1) is 7.58. The Labute approximate surface area is 110 Å². The number of nitrogens with two attached hydrogens (primary N) is 1. The largest absolute Gasteiger partial charge is 0.389 e. The van der Waals surface area contributed by atoms with E-state index in [1.165, 1.54) is 6.42 Å². The molecule has 1 aliphatic rings. The number of benzene rings is 1. The molecule has 1 unspecified atom stereocenters. The number of thiocarbonyl (C=S) groups is 1. The van der Waals surface area contributed by atoms with Gasteiger partial charge < -0.3 is 10.6 Å². The minimum Gasteiger partial charge on any atom is -0.389 e. The maximum atomic E-state index is 5.76. The van der Waals surface area contributed by atoms with E-state index in [1.807, 2.05) is 12.1 Å². The van der Waals surface area contributed by atoms with Crippen molar-refractivity contribution in [1.82, 2.24) is 0 Å². The Morgan fingerprint density at radius 1 is 1.56 bits per heavy atom. The molecule has 0 aromatic heterocycles. The molecule has 16 heavy (non-hydrogen) atoms. The van der Waals surface area contributed by atoms with Crippen LogP contribution < -0.4 is 10.6 Å². The molecule has 1 aliphatic heterocycles. The highest BCUT2D eigenvalue weighted by Crippen LogP contribution is 2.29. The van der Waals surface area contributed by atoms with Crippen LogP contribution in [0.2, 0.25) is 0 Å². The summed E-state index contributed by atoms with van der Waals surface area (Å²) in [6, 6.07) is 6.08. The second kappa shape index (κ2) is 4.72. The van der Waals surface area contributed by atoms with Crippen molar-refractivity contribution in [3.8, 4) is 0 Å². The van der Waals surface area contributed by atoms with Crippen LogP contribution in [0.4, 0.5) is 5.69 Å². The Morgan fingerprint density at radius 2 is 2.31 bits per heavy atom. The van der Waals surface area contributed by atoms with Gasteiger partial charge in [-0.25, -0.2) is 0 Å². The monoisotopic (exact) mass is 298 g/mol. The zero-order valence-electron chi connectivity index (χ0n) is 9.24. The van der Waals surface area contributed by atoms with Crippen LogP contribution in [-0.2, 0) is 0 Å². The van der Waals surface area contributed by atoms with Crippen molar-refractivity contribution in [3.63, 3.8) is 0 Å². The van der Waals surface area contributed by atoms with Gasteiger partial charge in [-0.15, -0.1) is 0 Å². The Hall–Kier alpha value is -0.610. The molecule has 0 saturated carbocycles. The minimum atomic E-state index is 0.474. The van der Waals surface area contributed by atoms with E-state index in [1.54, 1.807) is 0 Å². The molecule has 1 fully saturated rings. The van der Waals surface area contributed by atoms with E-state index < -0.39 is 0 Å². The third-order valence-corrected chi connectivity index (χ3v) is 3.70. The summed E-state index contributed by atoms with van der Waals surface area (Å²) in [4.78, 5) is 2.84. The fraction of sp³-hybridized carbons (Fsp3) is 0.417. The normalized spacial score (nSPS) is 20.1. The van der Waals surface area contributed by atoms with Crippen LogP contribution in [0.5, 0.6) is 0 Å². The second-order valence-corrected chi connectivity index (χ2v) is 5.72. The Kier molecular flexibility index (Phi) is 3.50. The number of rotatable bonds is 2. The summed E-state index contributed by atoms with van der Waals surface area (Å²) in [5, 5.41) is 0. The maximum absolute atomic E-state index is 5.76. The van der Waals surface area contributed by atoms with Gasteiger partial charge in [0, 0.05) is 28.8 Å². The maximum Gasteiger partial charge on any atom is 0.106 e. The molecule has 0 radical (unpaired) electrons. The van der Waals surface area contributed by atoms with Crippen LogP contribution in [0.15, 0.2) is 22.7 Å². The lowest BCUT2D eigenvalue weighted by atomic mass is 10.1. The van der Waals surface area contributed by atoms with Crippen LogP contribution in [-0.4, -0.2) is 18.1 Å². The van der Waals surface area contributed by atoms with Gasteiger partial charge in [0.05, 0.1) is 0 Å². The van der Waals surface area contributed by atoms with Gasteiger partial charge in [0.15, 0.2) is 0 Å². The number of nitrogens with zero attached hydrogens (tertiary/aromatic N) is 1. The molecule has 1 heterocycles. The molecule has 2 nitrogen and oxygen atoms in total. The molecule has 2 rings (SSSR count). The Morgan fingerprint density at radius 3 is 2.88 bits per heavy atom. The highest BCUT2D eigenvalue weighted by atomic mass is 79.9. The Balaban J connectivity index is 2.37. The highest BCUT2D eigenvalue weighted by molar-refractivity contribution is 9.10. The van der Waals surface area contributed by atoms with E-state index in [9.17, 15) is 0 Å². The lowest BCUT2D eigenvalue weighted by molar-refractivity contribution is 0.659. The molecule has 2 N–H and O–H groups in total. The van der Waals surface area contributed by atoms with Gasteiger partial charge in [0.25, 0.3) is 0 Å². The average Bonchev–Trinajstić information content (AvgIpc) is 2.64. The molecule has 0 amide bonds. The smallest absolute Gasteiger partial charge is 0.106 e. The first-order valence-electron chi connectivity index (χ1n) is 5.42. The van der Waals surface area contributed by atoms with Crippen molar-refractivity contribution in [2.24, 2.45) is 11.7 Å². The summed E-state index contributed by atoms with van der Waals surface area (Å²) < 4.78 is 1.07. The van der Waals surface area contributed by atoms with Crippen molar-refractivity contribution in [2.75, 3.05) is 18.0 Å². The van der Waals surface area contributed by atoms with Gasteiger partial charge >= 0.3 is 0 Å². The molecular weight excluding hydrogens is 284 g/mol. The summed E-state index contributed by atoms with van der Waals surface area (Å²) >= 11 is 8.59. The SMILES string of the molecule is CC1CCN(c2cc(Br)ccc2C(N)=S)C1. The zero-order chi connectivity index (χ0) is 11.7. The predicted molar refractivity (Wildman–Crippen MR) is 76.0 cm³/mol. The average molecular weight is 299 g/mol. The van der Waals surface area contributed by atoms with E-state index in [0.717, 1.165) is 34.7 Å². The molecule has 1 aromatic rings. The van der Waals surface area contributed by atoms with Crippen LogP contribution >= 0.6 is 28.1 Å². The highest BCUT2D eigenvalue weighted by Gasteiger charge is 2.21. The zero-order valence-corrected chi connectivity index (χ0v) is 11.6. The number of hydrogen-bond acceptors (Lipinski definition) is 2. The van der Waals surface area contributed by atoms with Gasteiger partial charge in [0.1, 0.15) is 4.99 Å². The fourth-order valence-electron chi connectivity index (χ4n) is 2.13. The molecule has 4 heteroatoms. The summed E-state index contributed by atoms with van der Waals surface area (Å²) in [6.45, 7) is 4.46. The minimum absolute atomic E-state index is 0.474. The molecule has 1 aromatic carbocycles. The van der Waals surface area contributed by atoms with Crippen molar-refractivity contribution in [3.05, 3.63) is 28.2 Å². The van der Waals surface area contributed by atoms with Gasteiger partial charge in [-0.2, -0.15) is 0 Å². The van der Waals surface area contributed by atoms with Gasteiger partial charge in [-0.1, -0.05) is 35.1 Å². The lowest BCUT2D eigenvalue weighted by Crippen LogP contribution is -2.23. The summed E-state index contributed by atoms with van der Waals surface area (Å²) in [6.07, 6.45) is 1.24. The van der Waals surface area contributed by atoms with Crippen LogP contribution in [0.3, 0.4) is 0 Å². The molecule has 1 saturated heterocycles. The summed E-state index contributed by atoms with van der Waals surface area (Å²) in [5.74, 6) is 0.748. The number of anilines is 1. The van der Waals surface area contributed by atoms with E-state index >= 15 is 0 Å². The predicted octanol–water partition coefficient (Wildman–Crippen LogP) is 2.93. The van der Waals surface area contributed by atoms with Crippen LogP contribution in [0.1, 0.15) is 18.9 Å². The number of hydrogen-bond donors (Lipinski definition) is 1. The van der Waals surface area contributed by atoms with Gasteiger partial charge in [0.2, 0.25) is 0 Å². The first-order valence-corrected chi connectivity index (χ1v) is 6.62. The van der Waals surface area contributed by atoms with Crippen molar-refractivity contribution in [1.29, 1.82) is 0 Å². The molecule has 86 valence electrons. The second-order valence-electron chi connectivity index (χ2n) is 4.37. The quantitative estimate of drug-likeness (QED) is 0.851. The topological polar surface area (TPSA) is 29.3 Å². The first kappa shape index (κ1) is 11.9. The summed E-state index contributed by atoms with van der Waals surface area (Å²) in [7, 11) is 0. The molecule has 0 aliphatic carbocycles. The van der Waals surface area contributed by atoms with Gasteiger partial charge in [-0.05, 0) is 30.5 Å². The van der Waals surface area contributed by atoms with Crippen molar-refractivity contribution in [2.45, 2.75) is 13.3 Å². The van der Waals surface area contributed by atoms with Crippen LogP contribution in [0, 0.1) is 5.92 Å². The van der Waals surface area contributed by atoms with Crippen molar-refractivity contribution < 1.29 is 0 Å². The molecular formula is C12H15BrN2S. The van der Waals surface area contributed by atoms with E-state index in [-0.39, 0.29) is 0 Å². The van der Waals surface area contributed by atoms with E-state index in [0.29, 0.717) is 4.99 Å². The van der Waals surface area contributed by atoms with Crippen LogP contribution in [0.25, 0.3) is 0 Å².